The van der Waals surface area contributed by atoms with Crippen LogP contribution >= 0.6 is 0 Å². The van der Waals surface area contributed by atoms with Crippen LogP contribution in [0.4, 0.5) is 0 Å². The summed E-state index contributed by atoms with van der Waals surface area (Å²) in [5.74, 6) is 0. The number of aryl methyl sites for hydroxylation is 1. The maximum Gasteiger partial charge on any atom is 0.113 e. The molecule has 0 aliphatic rings. The summed E-state index contributed by atoms with van der Waals surface area (Å²) in [4.78, 5) is 0. The van der Waals surface area contributed by atoms with Crippen molar-refractivity contribution >= 4 is 19.1 Å². The van der Waals surface area contributed by atoms with E-state index >= 15 is 0 Å². The van der Waals surface area contributed by atoms with Gasteiger partial charge >= 0.3 is 0 Å². The Hall–Kier alpha value is -2.73. The molecule has 0 fully saturated rings. The Bertz CT molecular complexity index is 1110. The number of rotatable bonds is 5. The summed E-state index contributed by atoms with van der Waals surface area (Å²) in [6, 6.07) is 18.7. The lowest BCUT2D eigenvalue weighted by Crippen LogP contribution is -2.37. The highest BCUT2D eigenvalue weighted by molar-refractivity contribution is 6.77. The maximum atomic E-state index is 4.91. The molecule has 2 aromatic carbocycles. The molecule has 1 unspecified atom stereocenters. The fourth-order valence-electron chi connectivity index (χ4n) is 4.02. The smallest absolute Gasteiger partial charge is 0.113 e. The Morgan fingerprint density at radius 2 is 1.61 bits per heavy atom. The molecule has 5 nitrogen and oxygen atoms in total. The molecule has 0 bridgehead atoms. The van der Waals surface area contributed by atoms with Gasteiger partial charge in [-0.25, -0.2) is 4.68 Å². The molecule has 2 aromatic heterocycles. The van der Waals surface area contributed by atoms with Gasteiger partial charge in [-0.1, -0.05) is 67.3 Å². The minimum Gasteiger partial charge on any atom is -0.265 e. The van der Waals surface area contributed by atoms with Crippen LogP contribution in [-0.4, -0.2) is 32.8 Å². The number of benzene rings is 2. The normalized spacial score (nSPS) is 13.2. The van der Waals surface area contributed by atoms with Gasteiger partial charge in [0.1, 0.15) is 5.52 Å². The molecule has 4 rings (SSSR count). The quantitative estimate of drug-likeness (QED) is 0.462. The van der Waals surface area contributed by atoms with E-state index in [-0.39, 0.29) is 5.67 Å². The molecule has 0 N–H and O–H groups in total. The van der Waals surface area contributed by atoms with Crippen LogP contribution in [0.2, 0.25) is 19.6 Å². The van der Waals surface area contributed by atoms with E-state index in [0.29, 0.717) is 0 Å². The van der Waals surface area contributed by atoms with Gasteiger partial charge < -0.3 is 0 Å². The van der Waals surface area contributed by atoms with Gasteiger partial charge in [0, 0.05) is 11.3 Å². The second-order valence-corrected chi connectivity index (χ2v) is 13.8. The summed E-state index contributed by atoms with van der Waals surface area (Å²) < 4.78 is 4.26. The number of nitrogens with zero attached hydrogens (tertiary/aromatic N) is 5. The first-order chi connectivity index (χ1) is 13.4. The van der Waals surface area contributed by atoms with Gasteiger partial charge in [-0.3, -0.25) is 4.68 Å². The van der Waals surface area contributed by atoms with Gasteiger partial charge in [0.15, 0.2) is 0 Å². The average molecular weight is 390 g/mol. The third-order valence-corrected chi connectivity index (χ3v) is 7.50. The van der Waals surface area contributed by atoms with Crippen molar-refractivity contribution in [1.82, 2.24) is 24.8 Å². The first-order valence-electron chi connectivity index (χ1n) is 9.74. The summed E-state index contributed by atoms with van der Waals surface area (Å²) >= 11 is 0. The monoisotopic (exact) mass is 389 g/mol. The van der Waals surface area contributed by atoms with Crippen LogP contribution in [0.1, 0.15) is 28.2 Å². The predicted molar refractivity (Wildman–Crippen MR) is 116 cm³/mol. The summed E-state index contributed by atoms with van der Waals surface area (Å²) in [6.07, 6.45) is 0. The molecular formula is C22H27N5Si. The Labute approximate surface area is 167 Å². The van der Waals surface area contributed by atoms with Crippen LogP contribution < -0.4 is 0 Å². The molecule has 6 heteroatoms. The number of aromatic nitrogens is 5. The minimum atomic E-state index is -1.68. The lowest BCUT2D eigenvalue weighted by atomic mass is 10.1. The van der Waals surface area contributed by atoms with E-state index in [9.17, 15) is 0 Å². The lowest BCUT2D eigenvalue weighted by molar-refractivity contribution is 0.619. The van der Waals surface area contributed by atoms with Crippen LogP contribution in [0.3, 0.4) is 0 Å². The van der Waals surface area contributed by atoms with Gasteiger partial charge in [0.25, 0.3) is 0 Å². The highest BCUT2D eigenvalue weighted by atomic mass is 28.3. The van der Waals surface area contributed by atoms with E-state index in [1.165, 1.54) is 16.8 Å². The molecule has 0 aliphatic carbocycles. The molecule has 0 spiro atoms. The van der Waals surface area contributed by atoms with Gasteiger partial charge in [-0.05, 0) is 31.5 Å². The predicted octanol–water partition coefficient (Wildman–Crippen LogP) is 4.76. The summed E-state index contributed by atoms with van der Waals surface area (Å²) in [6.45, 7) is 12.3. The third-order valence-electron chi connectivity index (χ3n) is 5.33. The van der Waals surface area contributed by atoms with Gasteiger partial charge in [-0.15, -0.1) is 5.10 Å². The van der Waals surface area contributed by atoms with Crippen molar-refractivity contribution in [1.29, 1.82) is 0 Å². The number of fused-ring (bicyclic) bond motifs is 1. The Morgan fingerprint density at radius 3 is 2.32 bits per heavy atom. The van der Waals surface area contributed by atoms with Crippen LogP contribution in [-0.2, 0) is 6.54 Å². The van der Waals surface area contributed by atoms with Crippen molar-refractivity contribution in [3.63, 3.8) is 0 Å². The molecule has 0 saturated carbocycles. The average Bonchev–Trinajstić information content (AvgIpc) is 3.19. The third kappa shape index (κ3) is 3.28. The molecule has 28 heavy (non-hydrogen) atoms. The zero-order valence-electron chi connectivity index (χ0n) is 17.2. The molecule has 2 heterocycles. The van der Waals surface area contributed by atoms with Crippen molar-refractivity contribution in [3.8, 4) is 0 Å². The van der Waals surface area contributed by atoms with Crippen molar-refractivity contribution in [2.45, 2.75) is 45.7 Å². The van der Waals surface area contributed by atoms with Crippen molar-refractivity contribution in [2.75, 3.05) is 0 Å². The van der Waals surface area contributed by atoms with Crippen LogP contribution in [0.5, 0.6) is 0 Å². The molecule has 0 aliphatic heterocycles. The highest BCUT2D eigenvalue weighted by Gasteiger charge is 2.36. The van der Waals surface area contributed by atoms with Crippen molar-refractivity contribution in [3.05, 3.63) is 77.1 Å². The van der Waals surface area contributed by atoms with Gasteiger partial charge in [0.05, 0.1) is 31.5 Å². The molecule has 0 radical (unpaired) electrons. The Morgan fingerprint density at radius 1 is 0.929 bits per heavy atom. The largest absolute Gasteiger partial charge is 0.265 e. The lowest BCUT2D eigenvalue weighted by Gasteiger charge is -2.30. The first kappa shape index (κ1) is 18.6. The minimum absolute atomic E-state index is 0.185. The second kappa shape index (κ2) is 7.02. The molecular weight excluding hydrogens is 362 g/mol. The van der Waals surface area contributed by atoms with Gasteiger partial charge in [-0.2, -0.15) is 5.10 Å². The van der Waals surface area contributed by atoms with E-state index in [0.717, 1.165) is 23.3 Å². The van der Waals surface area contributed by atoms with Crippen molar-refractivity contribution in [2.24, 2.45) is 0 Å². The van der Waals surface area contributed by atoms with E-state index in [1.807, 2.05) is 18.2 Å². The fourth-order valence-corrected chi connectivity index (χ4v) is 6.22. The number of hydrogen-bond acceptors (Lipinski definition) is 3. The molecule has 144 valence electrons. The number of hydrogen-bond donors (Lipinski definition) is 0. The molecule has 0 saturated heterocycles. The maximum absolute atomic E-state index is 4.91. The first-order valence-corrected chi connectivity index (χ1v) is 13.3. The summed E-state index contributed by atoms with van der Waals surface area (Å²) in [7, 11) is -1.68. The molecule has 4 aromatic rings. The SMILES string of the molecule is Cc1nn(Cc2ccccc2)c(C)c1C(n1nnc2ccccc21)[Si](C)(C)C. The van der Waals surface area contributed by atoms with Gasteiger partial charge in [0.2, 0.25) is 0 Å². The van der Waals surface area contributed by atoms with E-state index in [1.54, 1.807) is 0 Å². The van der Waals surface area contributed by atoms with Crippen LogP contribution in [0.25, 0.3) is 11.0 Å². The van der Waals surface area contributed by atoms with Crippen LogP contribution in [0.15, 0.2) is 54.6 Å². The molecule has 0 amide bonds. The zero-order chi connectivity index (χ0) is 19.9. The zero-order valence-corrected chi connectivity index (χ0v) is 18.2. The van der Waals surface area contributed by atoms with E-state index in [2.05, 4.69) is 89.6 Å². The fraction of sp³-hybridized carbons (Fsp3) is 0.318. The second-order valence-electron chi connectivity index (χ2n) is 8.52. The van der Waals surface area contributed by atoms with Crippen molar-refractivity contribution < 1.29 is 0 Å². The Balaban J connectivity index is 1.84. The molecule has 1 atom stereocenters. The number of para-hydroxylation sites is 1. The van der Waals surface area contributed by atoms with Crippen LogP contribution in [0, 0.1) is 13.8 Å². The van der Waals surface area contributed by atoms with E-state index in [4.69, 9.17) is 5.10 Å². The van der Waals surface area contributed by atoms with E-state index < -0.39 is 8.07 Å². The standard InChI is InChI=1S/C22H27N5Si/c1-16-21(17(2)26(24-16)15-18-11-7-6-8-12-18)22(28(3,4)5)27-20-14-10-9-13-19(20)23-25-27/h6-14,22H,15H2,1-5H3. The summed E-state index contributed by atoms with van der Waals surface area (Å²) in [5, 5.41) is 13.9. The summed E-state index contributed by atoms with van der Waals surface area (Å²) in [5.41, 5.74) is 7.07. The Kier molecular flexibility index (Phi) is 4.67. The highest BCUT2D eigenvalue weighted by Crippen LogP contribution is 2.34. The topological polar surface area (TPSA) is 48.5 Å².